The van der Waals surface area contributed by atoms with Crippen molar-refractivity contribution in [1.82, 2.24) is 19.1 Å². The van der Waals surface area contributed by atoms with Crippen LogP contribution in [0.15, 0.2) is 27.9 Å². The highest BCUT2D eigenvalue weighted by Gasteiger charge is 2.35. The second-order valence-electron chi connectivity index (χ2n) is 5.53. The quantitative estimate of drug-likeness (QED) is 0.488. The molecule has 5 nitrogen and oxygen atoms in total. The van der Waals surface area contributed by atoms with Gasteiger partial charge in [0, 0.05) is 19.0 Å². The monoisotopic (exact) mass is 402 g/mol. The summed E-state index contributed by atoms with van der Waals surface area (Å²) in [7, 11) is 2.66. The van der Waals surface area contributed by atoms with Gasteiger partial charge in [-0.05, 0) is 24.0 Å². The Labute approximate surface area is 155 Å². The minimum Gasteiger partial charge on any atom is -0.321 e. The topological polar surface area (TPSA) is 52.7 Å². The van der Waals surface area contributed by atoms with E-state index in [0.717, 1.165) is 23.8 Å². The van der Waals surface area contributed by atoms with Gasteiger partial charge in [0.05, 0.1) is 5.52 Å². The summed E-state index contributed by atoms with van der Waals surface area (Å²) in [6, 6.07) is 4.28. The van der Waals surface area contributed by atoms with Gasteiger partial charge < -0.3 is 9.13 Å². The molecule has 0 unspecified atom stereocenters. The Morgan fingerprint density at radius 2 is 1.88 bits per heavy atom. The normalized spacial score (nSPS) is 12.1. The molecule has 0 N–H and O–H groups in total. The van der Waals surface area contributed by atoms with Crippen molar-refractivity contribution in [1.29, 1.82) is 0 Å². The van der Waals surface area contributed by atoms with E-state index < -0.39 is 17.4 Å². The van der Waals surface area contributed by atoms with Crippen molar-refractivity contribution in [2.45, 2.75) is 18.0 Å². The van der Waals surface area contributed by atoms with Crippen LogP contribution in [0.3, 0.4) is 0 Å². The molecular weight excluding hydrogens is 389 g/mol. The molecule has 0 saturated carbocycles. The standard InChI is InChI=1S/C16H14ClF3N4OS/c1-4-26-9-5-6-11(17)22-12(9)14-21-8-7-10(16(18,19)20)23(2)15(25)13(8)24(14)3/h5-7H,4H2,1-3H3. The Hall–Kier alpha value is -2.00. The molecule has 0 aliphatic carbocycles. The first-order chi connectivity index (χ1) is 12.1. The molecule has 0 aliphatic rings. The fourth-order valence-corrected chi connectivity index (χ4v) is 3.60. The third-order valence-corrected chi connectivity index (χ3v) is 5.03. The summed E-state index contributed by atoms with van der Waals surface area (Å²) in [6.45, 7) is 1.96. The molecule has 0 aromatic carbocycles. The lowest BCUT2D eigenvalue weighted by molar-refractivity contribution is -0.143. The van der Waals surface area contributed by atoms with E-state index in [-0.39, 0.29) is 22.0 Å². The first-order valence-electron chi connectivity index (χ1n) is 7.58. The van der Waals surface area contributed by atoms with Gasteiger partial charge >= 0.3 is 6.18 Å². The molecule has 0 radical (unpaired) electrons. The van der Waals surface area contributed by atoms with E-state index in [9.17, 15) is 18.0 Å². The maximum atomic E-state index is 13.2. The van der Waals surface area contributed by atoms with Crippen LogP contribution in [0, 0.1) is 0 Å². The van der Waals surface area contributed by atoms with Gasteiger partial charge in [0.25, 0.3) is 5.56 Å². The second kappa shape index (κ2) is 6.62. The maximum Gasteiger partial charge on any atom is 0.431 e. The van der Waals surface area contributed by atoms with Crippen molar-refractivity contribution in [2.75, 3.05) is 5.75 Å². The van der Waals surface area contributed by atoms with Gasteiger partial charge in [-0.2, -0.15) is 13.2 Å². The van der Waals surface area contributed by atoms with Crippen molar-refractivity contribution in [3.05, 3.63) is 39.4 Å². The largest absolute Gasteiger partial charge is 0.431 e. The Balaban J connectivity index is 2.34. The molecule has 26 heavy (non-hydrogen) atoms. The van der Waals surface area contributed by atoms with Crippen molar-refractivity contribution in [2.24, 2.45) is 14.1 Å². The van der Waals surface area contributed by atoms with Crippen LogP contribution in [0.25, 0.3) is 22.6 Å². The van der Waals surface area contributed by atoms with Crippen LogP contribution in [0.5, 0.6) is 0 Å². The van der Waals surface area contributed by atoms with Gasteiger partial charge in [0.15, 0.2) is 5.82 Å². The third kappa shape index (κ3) is 3.09. The number of aromatic nitrogens is 4. The fraction of sp³-hybridized carbons (Fsp3) is 0.312. The number of halogens is 4. The van der Waals surface area contributed by atoms with E-state index in [1.165, 1.54) is 16.3 Å². The number of fused-ring (bicyclic) bond motifs is 1. The Kier molecular flexibility index (Phi) is 4.78. The van der Waals surface area contributed by atoms with Gasteiger partial charge in [-0.3, -0.25) is 4.79 Å². The van der Waals surface area contributed by atoms with Crippen LogP contribution in [0.2, 0.25) is 5.15 Å². The highest BCUT2D eigenvalue weighted by molar-refractivity contribution is 7.99. The molecule has 0 fully saturated rings. The number of hydrogen-bond acceptors (Lipinski definition) is 4. The molecule has 0 bridgehead atoms. The zero-order chi connectivity index (χ0) is 19.2. The van der Waals surface area contributed by atoms with Crippen LogP contribution in [0.1, 0.15) is 12.6 Å². The molecule has 0 amide bonds. The van der Waals surface area contributed by atoms with Crippen molar-refractivity contribution < 1.29 is 13.2 Å². The van der Waals surface area contributed by atoms with E-state index in [1.807, 2.05) is 6.92 Å². The number of rotatable bonds is 3. The van der Waals surface area contributed by atoms with Gasteiger partial charge in [-0.25, -0.2) is 9.97 Å². The molecule has 0 saturated heterocycles. The zero-order valence-electron chi connectivity index (χ0n) is 14.1. The Bertz CT molecular complexity index is 1060. The summed E-state index contributed by atoms with van der Waals surface area (Å²) in [4.78, 5) is 21.8. The average Bonchev–Trinajstić information content (AvgIpc) is 2.88. The summed E-state index contributed by atoms with van der Waals surface area (Å²) in [6.07, 6.45) is -4.66. The molecule has 0 aliphatic heterocycles. The maximum absolute atomic E-state index is 13.2. The van der Waals surface area contributed by atoms with E-state index in [2.05, 4.69) is 9.97 Å². The molecule has 3 rings (SSSR count). The zero-order valence-corrected chi connectivity index (χ0v) is 15.6. The van der Waals surface area contributed by atoms with Crippen molar-refractivity contribution in [3.8, 4) is 11.5 Å². The summed E-state index contributed by atoms with van der Waals surface area (Å²) in [5, 5.41) is 0.233. The van der Waals surface area contributed by atoms with Crippen LogP contribution < -0.4 is 5.56 Å². The summed E-state index contributed by atoms with van der Waals surface area (Å²) in [5.41, 5.74) is -1.36. The lowest BCUT2D eigenvalue weighted by atomic mass is 10.3. The molecule has 3 heterocycles. The van der Waals surface area contributed by atoms with E-state index in [0.29, 0.717) is 10.3 Å². The number of alkyl halides is 3. The van der Waals surface area contributed by atoms with Crippen LogP contribution in [0.4, 0.5) is 13.2 Å². The molecular formula is C16H14ClF3N4OS. The van der Waals surface area contributed by atoms with Gasteiger partial charge in [0.1, 0.15) is 22.1 Å². The lowest BCUT2D eigenvalue weighted by Gasteiger charge is -2.11. The van der Waals surface area contributed by atoms with Crippen LogP contribution in [-0.4, -0.2) is 24.9 Å². The van der Waals surface area contributed by atoms with Crippen LogP contribution in [-0.2, 0) is 20.3 Å². The predicted octanol–water partition coefficient (Wildman–Crippen LogP) is 4.12. The summed E-state index contributed by atoms with van der Waals surface area (Å²) >= 11 is 7.49. The number of pyridine rings is 2. The first kappa shape index (κ1) is 18.8. The number of nitrogens with zero attached hydrogens (tertiary/aromatic N) is 4. The lowest BCUT2D eigenvalue weighted by Crippen LogP contribution is -2.26. The second-order valence-corrected chi connectivity index (χ2v) is 7.23. The SMILES string of the molecule is CCSc1ccc(Cl)nc1-c1nc2cc(C(F)(F)F)n(C)c(=O)c2n1C. The number of hydrogen-bond donors (Lipinski definition) is 0. The molecule has 0 spiro atoms. The number of aryl methyl sites for hydroxylation is 1. The summed E-state index contributed by atoms with van der Waals surface area (Å²) < 4.78 is 41.6. The Morgan fingerprint density at radius 3 is 2.50 bits per heavy atom. The minimum absolute atomic E-state index is 0.0350. The molecule has 138 valence electrons. The smallest absolute Gasteiger partial charge is 0.321 e. The summed E-state index contributed by atoms with van der Waals surface area (Å²) in [5.74, 6) is 1.05. The first-order valence-corrected chi connectivity index (χ1v) is 8.94. The Morgan fingerprint density at radius 1 is 1.19 bits per heavy atom. The van der Waals surface area contributed by atoms with E-state index >= 15 is 0 Å². The van der Waals surface area contributed by atoms with E-state index in [1.54, 1.807) is 19.2 Å². The predicted molar refractivity (Wildman–Crippen MR) is 95.6 cm³/mol. The van der Waals surface area contributed by atoms with Gasteiger partial charge in [-0.1, -0.05) is 18.5 Å². The van der Waals surface area contributed by atoms with Crippen LogP contribution >= 0.6 is 23.4 Å². The minimum atomic E-state index is -4.66. The third-order valence-electron chi connectivity index (χ3n) is 3.89. The molecule has 3 aromatic heterocycles. The number of imidazole rings is 1. The molecule has 0 atom stereocenters. The van der Waals surface area contributed by atoms with Crippen molar-refractivity contribution in [3.63, 3.8) is 0 Å². The van der Waals surface area contributed by atoms with Gasteiger partial charge in [-0.15, -0.1) is 11.8 Å². The van der Waals surface area contributed by atoms with Crippen molar-refractivity contribution >= 4 is 34.4 Å². The molecule has 10 heteroatoms. The molecule has 3 aromatic rings. The van der Waals surface area contributed by atoms with E-state index in [4.69, 9.17) is 11.6 Å². The highest BCUT2D eigenvalue weighted by atomic mass is 35.5. The fourth-order valence-electron chi connectivity index (χ4n) is 2.71. The average molecular weight is 403 g/mol. The number of thioether (sulfide) groups is 1. The highest BCUT2D eigenvalue weighted by Crippen LogP contribution is 2.33. The van der Waals surface area contributed by atoms with Gasteiger partial charge in [0.2, 0.25) is 0 Å².